The fourth-order valence-corrected chi connectivity index (χ4v) is 7.03. The Hall–Kier alpha value is -6.72. The van der Waals surface area contributed by atoms with E-state index in [1.54, 1.807) is 0 Å². The normalized spacial score (nSPS) is 13.0. The summed E-state index contributed by atoms with van der Waals surface area (Å²) >= 11 is 0. The van der Waals surface area contributed by atoms with E-state index in [2.05, 4.69) is 85.8 Å². The Bertz CT molecular complexity index is 2760. The molecule has 9 rings (SSSR count). The first-order chi connectivity index (χ1) is 25.1. The van der Waals surface area contributed by atoms with E-state index in [4.69, 9.17) is 24.6 Å². The van der Waals surface area contributed by atoms with Crippen molar-refractivity contribution in [2.24, 2.45) is 15.7 Å². The number of benzene rings is 7. The number of hydrogen-bond donors (Lipinski definition) is 1. The maximum Gasteiger partial charge on any atom is 0.157 e. The molecule has 0 aliphatic carbocycles. The molecule has 2 N–H and O–H groups in total. The first-order valence-electron chi connectivity index (χ1n) is 17.1. The second-order valence-electron chi connectivity index (χ2n) is 12.7. The summed E-state index contributed by atoms with van der Waals surface area (Å²) in [5.41, 5.74) is 17.2. The molecule has 0 spiro atoms. The molecular formula is C46H33N3O2. The number of hydrogen-bond acceptors (Lipinski definition) is 3. The molecule has 0 bridgehead atoms. The van der Waals surface area contributed by atoms with Gasteiger partial charge in [0.25, 0.3) is 0 Å². The minimum atomic E-state index is -0.279. The smallest absolute Gasteiger partial charge is 0.157 e. The molecule has 9 aromatic rings. The SMILES string of the molecule is CC(/N=C(\N=C(/N)c1ccccc1)c1ccc(-c2ccccc2)cc1)c1cccc2oc3cccc(-c4ccc5oc6ccccc6c5c4)c3c12. The first-order valence-corrected chi connectivity index (χ1v) is 17.1. The van der Waals surface area contributed by atoms with Crippen LogP contribution in [0, 0.1) is 0 Å². The second-order valence-corrected chi connectivity index (χ2v) is 12.7. The summed E-state index contributed by atoms with van der Waals surface area (Å²) in [5.74, 6) is 0.968. The number of amidine groups is 2. The zero-order valence-electron chi connectivity index (χ0n) is 28.0. The molecule has 2 heterocycles. The van der Waals surface area contributed by atoms with E-state index in [9.17, 15) is 0 Å². The minimum Gasteiger partial charge on any atom is -0.456 e. The predicted octanol–water partition coefficient (Wildman–Crippen LogP) is 11.7. The van der Waals surface area contributed by atoms with Crippen molar-refractivity contribution in [3.05, 3.63) is 180 Å². The number of fused-ring (bicyclic) bond motifs is 6. The lowest BCUT2D eigenvalue weighted by molar-refractivity contribution is 0.668. The minimum absolute atomic E-state index is 0.279. The molecule has 0 saturated carbocycles. The lowest BCUT2D eigenvalue weighted by Crippen LogP contribution is -2.16. The van der Waals surface area contributed by atoms with Gasteiger partial charge < -0.3 is 14.6 Å². The first kappa shape index (κ1) is 30.3. The lowest BCUT2D eigenvalue weighted by Gasteiger charge is -2.13. The molecule has 7 aromatic carbocycles. The van der Waals surface area contributed by atoms with Gasteiger partial charge >= 0.3 is 0 Å². The number of para-hydroxylation sites is 1. The summed E-state index contributed by atoms with van der Waals surface area (Å²) in [7, 11) is 0. The maximum absolute atomic E-state index is 6.62. The van der Waals surface area contributed by atoms with Crippen LogP contribution in [0.25, 0.3) is 66.1 Å². The van der Waals surface area contributed by atoms with Crippen molar-refractivity contribution in [3.8, 4) is 22.3 Å². The molecule has 0 amide bonds. The van der Waals surface area contributed by atoms with Crippen molar-refractivity contribution in [1.82, 2.24) is 0 Å². The van der Waals surface area contributed by atoms with E-state index in [0.29, 0.717) is 11.7 Å². The van der Waals surface area contributed by atoms with Gasteiger partial charge in [0.1, 0.15) is 28.2 Å². The third-order valence-electron chi connectivity index (χ3n) is 9.55. The van der Waals surface area contributed by atoms with E-state index < -0.39 is 0 Å². The summed E-state index contributed by atoms with van der Waals surface area (Å²) in [5, 5.41) is 4.28. The molecule has 244 valence electrons. The van der Waals surface area contributed by atoms with Crippen LogP contribution in [0.4, 0.5) is 0 Å². The Kier molecular flexibility index (Phi) is 7.51. The average molecular weight is 660 g/mol. The highest BCUT2D eigenvalue weighted by Crippen LogP contribution is 2.42. The highest BCUT2D eigenvalue weighted by molar-refractivity contribution is 6.16. The van der Waals surface area contributed by atoms with Crippen molar-refractivity contribution in [1.29, 1.82) is 0 Å². The summed E-state index contributed by atoms with van der Waals surface area (Å²) in [4.78, 5) is 10.2. The molecule has 1 unspecified atom stereocenters. The Labute approximate surface area is 295 Å². The van der Waals surface area contributed by atoms with Crippen molar-refractivity contribution in [3.63, 3.8) is 0 Å². The second kappa shape index (κ2) is 12.6. The number of aliphatic imine (C=N–C) groups is 2. The molecule has 0 aliphatic heterocycles. The molecular weight excluding hydrogens is 627 g/mol. The molecule has 2 aromatic heterocycles. The van der Waals surface area contributed by atoms with Crippen molar-refractivity contribution >= 4 is 55.5 Å². The third-order valence-corrected chi connectivity index (χ3v) is 9.55. The predicted molar refractivity (Wildman–Crippen MR) is 210 cm³/mol. The van der Waals surface area contributed by atoms with Gasteiger partial charge in [-0.05, 0) is 65.1 Å². The fraction of sp³-hybridized carbons (Fsp3) is 0.0435. The molecule has 1 atom stereocenters. The van der Waals surface area contributed by atoms with Crippen LogP contribution in [0.2, 0.25) is 0 Å². The monoisotopic (exact) mass is 659 g/mol. The van der Waals surface area contributed by atoms with Gasteiger partial charge in [0, 0.05) is 32.7 Å². The molecule has 0 radical (unpaired) electrons. The van der Waals surface area contributed by atoms with E-state index in [1.165, 1.54) is 0 Å². The maximum atomic E-state index is 6.62. The zero-order valence-corrected chi connectivity index (χ0v) is 28.0. The number of nitrogens with zero attached hydrogens (tertiary/aromatic N) is 2. The van der Waals surface area contributed by atoms with Crippen LogP contribution in [0.1, 0.15) is 29.7 Å². The molecule has 5 nitrogen and oxygen atoms in total. The van der Waals surface area contributed by atoms with E-state index in [1.807, 2.05) is 84.9 Å². The van der Waals surface area contributed by atoms with Crippen LogP contribution in [0.15, 0.2) is 183 Å². The van der Waals surface area contributed by atoms with Crippen molar-refractivity contribution in [2.45, 2.75) is 13.0 Å². The van der Waals surface area contributed by atoms with Crippen LogP contribution in [0.5, 0.6) is 0 Å². The quantitative estimate of drug-likeness (QED) is 0.143. The summed E-state index contributed by atoms with van der Waals surface area (Å²) < 4.78 is 12.6. The van der Waals surface area contributed by atoms with Crippen molar-refractivity contribution in [2.75, 3.05) is 0 Å². The van der Waals surface area contributed by atoms with E-state index >= 15 is 0 Å². The topological polar surface area (TPSA) is 77.0 Å². The van der Waals surface area contributed by atoms with Gasteiger partial charge in [-0.1, -0.05) is 133 Å². The highest BCUT2D eigenvalue weighted by Gasteiger charge is 2.20. The Morgan fingerprint density at radius 3 is 1.92 bits per heavy atom. The Morgan fingerprint density at radius 1 is 0.510 bits per heavy atom. The van der Waals surface area contributed by atoms with Gasteiger partial charge in [-0.2, -0.15) is 0 Å². The summed E-state index contributed by atoms with van der Waals surface area (Å²) in [6, 6.07) is 55.2. The standard InChI is InChI=1S/C46H33N3O2/c1-29(48-46(49-45(47)32-14-6-3-7-15-32)33-24-22-31(23-25-33)30-12-4-2-5-13-30)35-17-10-20-41-43(35)44-36(18-11-21-42(44)51-41)34-26-27-40-38(28-34)37-16-8-9-19-39(37)50-40/h2-29H,1H3,(H2,47,48,49). The van der Waals surface area contributed by atoms with E-state index in [0.717, 1.165) is 82.8 Å². The van der Waals surface area contributed by atoms with Gasteiger partial charge in [0.15, 0.2) is 5.84 Å². The van der Waals surface area contributed by atoms with Crippen LogP contribution in [-0.4, -0.2) is 11.7 Å². The average Bonchev–Trinajstić information content (AvgIpc) is 3.76. The lowest BCUT2D eigenvalue weighted by atomic mass is 9.94. The molecule has 0 saturated heterocycles. The molecule has 5 heteroatoms. The zero-order chi connectivity index (χ0) is 34.3. The third kappa shape index (κ3) is 5.55. The van der Waals surface area contributed by atoms with Crippen molar-refractivity contribution < 1.29 is 8.83 Å². The largest absolute Gasteiger partial charge is 0.456 e. The number of rotatable bonds is 6. The van der Waals surface area contributed by atoms with Gasteiger partial charge in [-0.3, -0.25) is 4.99 Å². The van der Waals surface area contributed by atoms with E-state index in [-0.39, 0.29) is 6.04 Å². The summed E-state index contributed by atoms with van der Waals surface area (Å²) in [6.45, 7) is 2.10. The Morgan fingerprint density at radius 2 is 1.12 bits per heavy atom. The summed E-state index contributed by atoms with van der Waals surface area (Å²) in [6.07, 6.45) is 0. The van der Waals surface area contributed by atoms with Gasteiger partial charge in [0.2, 0.25) is 0 Å². The number of furan rings is 2. The van der Waals surface area contributed by atoms with Crippen LogP contribution < -0.4 is 5.73 Å². The number of nitrogens with two attached hydrogens (primary N) is 1. The molecule has 0 aliphatic rings. The van der Waals surface area contributed by atoms with Gasteiger partial charge in [0.05, 0.1) is 6.04 Å². The van der Waals surface area contributed by atoms with Crippen LogP contribution in [-0.2, 0) is 0 Å². The van der Waals surface area contributed by atoms with Gasteiger partial charge in [-0.15, -0.1) is 0 Å². The Balaban J connectivity index is 1.19. The van der Waals surface area contributed by atoms with Crippen LogP contribution >= 0.6 is 0 Å². The van der Waals surface area contributed by atoms with Gasteiger partial charge in [-0.25, -0.2) is 4.99 Å². The molecule has 0 fully saturated rings. The van der Waals surface area contributed by atoms with Crippen LogP contribution in [0.3, 0.4) is 0 Å². The fourth-order valence-electron chi connectivity index (χ4n) is 7.03. The highest BCUT2D eigenvalue weighted by atomic mass is 16.3. The molecule has 51 heavy (non-hydrogen) atoms.